The van der Waals surface area contributed by atoms with Gasteiger partial charge >= 0.3 is 0 Å². The summed E-state index contributed by atoms with van der Waals surface area (Å²) >= 11 is 3.49. The topological polar surface area (TPSA) is 38.9 Å². The zero-order chi connectivity index (χ0) is 15.0. The summed E-state index contributed by atoms with van der Waals surface area (Å²) in [7, 11) is 0. The van der Waals surface area contributed by atoms with Gasteiger partial charge in [-0.1, -0.05) is 57.8 Å². The van der Waals surface area contributed by atoms with Crippen molar-refractivity contribution >= 4 is 15.9 Å². The van der Waals surface area contributed by atoms with E-state index in [0.717, 1.165) is 28.7 Å². The number of hydrogen-bond donors (Lipinski definition) is 0. The first-order valence-corrected chi connectivity index (χ1v) is 8.23. The molecule has 1 heterocycles. The van der Waals surface area contributed by atoms with Gasteiger partial charge in [0.25, 0.3) is 5.89 Å². The Balaban J connectivity index is 1.74. The molecule has 0 radical (unpaired) electrons. The Morgan fingerprint density at radius 2 is 1.68 bits per heavy atom. The fourth-order valence-electron chi connectivity index (χ4n) is 3.06. The molecule has 0 unspecified atom stereocenters. The van der Waals surface area contributed by atoms with Gasteiger partial charge in [-0.3, -0.25) is 0 Å². The van der Waals surface area contributed by atoms with E-state index in [-0.39, 0.29) is 5.41 Å². The molecule has 0 saturated heterocycles. The largest absolute Gasteiger partial charge is 0.334 e. The molecule has 1 aromatic heterocycles. The summed E-state index contributed by atoms with van der Waals surface area (Å²) in [5.74, 6) is 1.40. The van der Waals surface area contributed by atoms with Crippen LogP contribution in [0.25, 0.3) is 11.5 Å². The molecule has 1 fully saturated rings. The SMILES string of the molecule is Brc1ccc(C2(c3noc(-c4ccccc4)n3)CCC2)cc1. The van der Waals surface area contributed by atoms with Crippen molar-refractivity contribution in [1.29, 1.82) is 0 Å². The van der Waals surface area contributed by atoms with Gasteiger partial charge in [-0.15, -0.1) is 0 Å². The molecule has 1 aliphatic carbocycles. The van der Waals surface area contributed by atoms with Crippen molar-refractivity contribution in [3.63, 3.8) is 0 Å². The van der Waals surface area contributed by atoms with E-state index in [1.165, 1.54) is 12.0 Å². The number of halogens is 1. The van der Waals surface area contributed by atoms with Crippen molar-refractivity contribution in [3.8, 4) is 11.5 Å². The van der Waals surface area contributed by atoms with Crippen LogP contribution in [0.2, 0.25) is 0 Å². The lowest BCUT2D eigenvalue weighted by Gasteiger charge is -2.39. The predicted octanol–water partition coefficient (Wildman–Crippen LogP) is 4.97. The highest BCUT2D eigenvalue weighted by atomic mass is 79.9. The van der Waals surface area contributed by atoms with Crippen molar-refractivity contribution in [2.24, 2.45) is 0 Å². The summed E-state index contributed by atoms with van der Waals surface area (Å²) in [5, 5.41) is 4.29. The molecule has 22 heavy (non-hydrogen) atoms. The maximum Gasteiger partial charge on any atom is 0.257 e. The van der Waals surface area contributed by atoms with Gasteiger partial charge < -0.3 is 4.52 Å². The molecule has 1 aliphatic rings. The van der Waals surface area contributed by atoms with Crippen LogP contribution in [-0.2, 0) is 5.41 Å². The third-order valence-corrected chi connectivity index (χ3v) is 5.01. The fraction of sp³-hybridized carbons (Fsp3) is 0.222. The van der Waals surface area contributed by atoms with Crippen LogP contribution in [0.1, 0.15) is 30.7 Å². The summed E-state index contributed by atoms with van der Waals surface area (Å²) in [6, 6.07) is 18.4. The minimum absolute atomic E-state index is 0.0861. The molecule has 0 spiro atoms. The fourth-order valence-corrected chi connectivity index (χ4v) is 3.32. The lowest BCUT2D eigenvalue weighted by molar-refractivity contribution is 0.273. The molecule has 0 aliphatic heterocycles. The molecule has 0 bridgehead atoms. The maximum absolute atomic E-state index is 5.51. The highest BCUT2D eigenvalue weighted by Gasteiger charge is 2.44. The molecule has 2 aromatic carbocycles. The van der Waals surface area contributed by atoms with Crippen molar-refractivity contribution in [1.82, 2.24) is 10.1 Å². The Bertz CT molecular complexity index is 776. The van der Waals surface area contributed by atoms with Gasteiger partial charge in [0.1, 0.15) is 0 Å². The Morgan fingerprint density at radius 3 is 2.32 bits per heavy atom. The molecule has 3 aromatic rings. The lowest BCUT2D eigenvalue weighted by Crippen LogP contribution is -2.36. The zero-order valence-electron chi connectivity index (χ0n) is 12.0. The second kappa shape index (κ2) is 5.36. The molecular weight excluding hydrogens is 340 g/mol. The van der Waals surface area contributed by atoms with Crippen LogP contribution in [0.5, 0.6) is 0 Å². The first kappa shape index (κ1) is 13.7. The summed E-state index contributed by atoms with van der Waals surface area (Å²) in [4.78, 5) is 4.68. The first-order chi connectivity index (χ1) is 10.8. The van der Waals surface area contributed by atoms with Gasteiger partial charge in [0, 0.05) is 10.0 Å². The highest BCUT2D eigenvalue weighted by Crippen LogP contribution is 2.48. The van der Waals surface area contributed by atoms with Crippen LogP contribution in [0.3, 0.4) is 0 Å². The van der Waals surface area contributed by atoms with E-state index in [0.29, 0.717) is 5.89 Å². The lowest BCUT2D eigenvalue weighted by atomic mass is 9.64. The molecule has 3 nitrogen and oxygen atoms in total. The highest BCUT2D eigenvalue weighted by molar-refractivity contribution is 9.10. The molecule has 0 amide bonds. The van der Waals surface area contributed by atoms with Gasteiger partial charge in [-0.25, -0.2) is 0 Å². The van der Waals surface area contributed by atoms with Crippen molar-refractivity contribution in [3.05, 3.63) is 70.5 Å². The second-order valence-electron chi connectivity index (χ2n) is 5.73. The zero-order valence-corrected chi connectivity index (χ0v) is 13.6. The Hall–Kier alpha value is -1.94. The van der Waals surface area contributed by atoms with Crippen LogP contribution >= 0.6 is 15.9 Å². The summed E-state index contributed by atoms with van der Waals surface area (Å²) in [5.41, 5.74) is 2.14. The van der Waals surface area contributed by atoms with Crippen LogP contribution in [0.4, 0.5) is 0 Å². The molecule has 1 saturated carbocycles. The van der Waals surface area contributed by atoms with Crippen molar-refractivity contribution < 1.29 is 4.52 Å². The Morgan fingerprint density at radius 1 is 0.955 bits per heavy atom. The number of rotatable bonds is 3. The number of benzene rings is 2. The molecular formula is C18H15BrN2O. The van der Waals surface area contributed by atoms with Crippen molar-refractivity contribution in [2.45, 2.75) is 24.7 Å². The van der Waals surface area contributed by atoms with E-state index in [2.05, 4.69) is 50.3 Å². The van der Waals surface area contributed by atoms with Gasteiger partial charge in [0.2, 0.25) is 0 Å². The standard InChI is InChI=1S/C18H15BrN2O/c19-15-9-7-14(8-10-15)18(11-4-12-18)17-20-16(22-21-17)13-5-2-1-3-6-13/h1-3,5-10H,4,11-12H2. The quantitative estimate of drug-likeness (QED) is 0.666. The van der Waals surface area contributed by atoms with E-state index in [4.69, 9.17) is 4.52 Å². The summed E-state index contributed by atoms with van der Waals surface area (Å²) < 4.78 is 6.59. The summed E-state index contributed by atoms with van der Waals surface area (Å²) in [6.07, 6.45) is 3.34. The van der Waals surface area contributed by atoms with Crippen molar-refractivity contribution in [2.75, 3.05) is 0 Å². The molecule has 0 atom stereocenters. The smallest absolute Gasteiger partial charge is 0.257 e. The van der Waals surface area contributed by atoms with Crippen LogP contribution in [-0.4, -0.2) is 10.1 Å². The van der Waals surface area contributed by atoms with E-state index in [9.17, 15) is 0 Å². The third-order valence-electron chi connectivity index (χ3n) is 4.48. The second-order valence-corrected chi connectivity index (χ2v) is 6.65. The Labute approximate surface area is 137 Å². The summed E-state index contributed by atoms with van der Waals surface area (Å²) in [6.45, 7) is 0. The number of nitrogens with zero attached hydrogens (tertiary/aromatic N) is 2. The number of aromatic nitrogens is 2. The number of hydrogen-bond acceptors (Lipinski definition) is 3. The van der Waals surface area contributed by atoms with E-state index in [1.54, 1.807) is 0 Å². The van der Waals surface area contributed by atoms with Crippen LogP contribution in [0.15, 0.2) is 63.6 Å². The molecule has 4 heteroatoms. The minimum Gasteiger partial charge on any atom is -0.334 e. The van der Waals surface area contributed by atoms with Crippen LogP contribution in [0, 0.1) is 0 Å². The van der Waals surface area contributed by atoms with Crippen LogP contribution < -0.4 is 0 Å². The Kier molecular flexibility index (Phi) is 3.34. The molecule has 110 valence electrons. The van der Waals surface area contributed by atoms with E-state index in [1.807, 2.05) is 30.3 Å². The average molecular weight is 355 g/mol. The monoisotopic (exact) mass is 354 g/mol. The van der Waals surface area contributed by atoms with E-state index >= 15 is 0 Å². The van der Waals surface area contributed by atoms with E-state index < -0.39 is 0 Å². The average Bonchev–Trinajstić information content (AvgIpc) is 2.99. The molecule has 0 N–H and O–H groups in total. The molecule has 4 rings (SSSR count). The van der Waals surface area contributed by atoms with Gasteiger partial charge in [-0.2, -0.15) is 4.98 Å². The third kappa shape index (κ3) is 2.18. The normalized spacial score (nSPS) is 16.2. The van der Waals surface area contributed by atoms with Gasteiger partial charge in [0.05, 0.1) is 5.41 Å². The minimum atomic E-state index is -0.0861. The maximum atomic E-state index is 5.51. The van der Waals surface area contributed by atoms with Gasteiger partial charge in [-0.05, 0) is 42.7 Å². The first-order valence-electron chi connectivity index (χ1n) is 7.44. The van der Waals surface area contributed by atoms with Gasteiger partial charge in [0.15, 0.2) is 5.82 Å². The predicted molar refractivity (Wildman–Crippen MR) is 88.5 cm³/mol.